The third-order valence-corrected chi connectivity index (χ3v) is 4.46. The lowest BCUT2D eigenvalue weighted by Crippen LogP contribution is -2.55. The van der Waals surface area contributed by atoms with Crippen LogP contribution in [0, 0.1) is 0 Å². The summed E-state index contributed by atoms with van der Waals surface area (Å²) >= 11 is 0. The van der Waals surface area contributed by atoms with Gasteiger partial charge in [0.05, 0.1) is 12.6 Å². The SMILES string of the molecule is O=C1NCCN2CCN(C(=O)COCc3ccccc3)CC[C@@H]12. The summed E-state index contributed by atoms with van der Waals surface area (Å²) < 4.78 is 5.53. The Morgan fingerprint density at radius 2 is 2.00 bits per heavy atom. The van der Waals surface area contributed by atoms with Crippen LogP contribution in [0.5, 0.6) is 0 Å². The van der Waals surface area contributed by atoms with E-state index in [4.69, 9.17) is 4.74 Å². The molecule has 0 spiro atoms. The number of piperazine rings is 1. The monoisotopic (exact) mass is 317 g/mol. The van der Waals surface area contributed by atoms with Gasteiger partial charge in [0, 0.05) is 32.7 Å². The van der Waals surface area contributed by atoms with Gasteiger partial charge in [-0.2, -0.15) is 0 Å². The second-order valence-electron chi connectivity index (χ2n) is 5.99. The molecule has 2 heterocycles. The molecular formula is C17H23N3O3. The van der Waals surface area contributed by atoms with E-state index in [0.717, 1.165) is 18.7 Å². The van der Waals surface area contributed by atoms with Crippen LogP contribution in [0.2, 0.25) is 0 Å². The third kappa shape index (κ3) is 4.09. The van der Waals surface area contributed by atoms with E-state index in [0.29, 0.717) is 32.7 Å². The fraction of sp³-hybridized carbons (Fsp3) is 0.529. The fourth-order valence-corrected chi connectivity index (χ4v) is 3.15. The minimum atomic E-state index is -0.0909. The van der Waals surface area contributed by atoms with E-state index < -0.39 is 0 Å². The second kappa shape index (κ2) is 7.57. The lowest BCUT2D eigenvalue weighted by molar-refractivity contribution is -0.136. The van der Waals surface area contributed by atoms with Crippen molar-refractivity contribution in [2.45, 2.75) is 19.1 Å². The van der Waals surface area contributed by atoms with Gasteiger partial charge in [-0.25, -0.2) is 0 Å². The minimum Gasteiger partial charge on any atom is -0.367 e. The molecule has 0 aliphatic carbocycles. The van der Waals surface area contributed by atoms with Crippen molar-refractivity contribution in [3.05, 3.63) is 35.9 Å². The Morgan fingerprint density at radius 1 is 1.17 bits per heavy atom. The average molecular weight is 317 g/mol. The Labute approximate surface area is 136 Å². The van der Waals surface area contributed by atoms with Gasteiger partial charge in [0.1, 0.15) is 6.61 Å². The Kier molecular flexibility index (Phi) is 5.25. The summed E-state index contributed by atoms with van der Waals surface area (Å²) in [6.07, 6.45) is 0.691. The fourth-order valence-electron chi connectivity index (χ4n) is 3.15. The number of rotatable bonds is 4. The summed E-state index contributed by atoms with van der Waals surface area (Å²) in [6.45, 7) is 4.12. The highest BCUT2D eigenvalue weighted by atomic mass is 16.5. The van der Waals surface area contributed by atoms with Gasteiger partial charge >= 0.3 is 0 Å². The number of hydrogen-bond acceptors (Lipinski definition) is 4. The number of benzene rings is 1. The van der Waals surface area contributed by atoms with Crippen LogP contribution in [0.4, 0.5) is 0 Å². The van der Waals surface area contributed by atoms with E-state index >= 15 is 0 Å². The minimum absolute atomic E-state index is 0.00110. The van der Waals surface area contributed by atoms with E-state index in [1.165, 1.54) is 0 Å². The van der Waals surface area contributed by atoms with E-state index in [-0.39, 0.29) is 24.5 Å². The zero-order chi connectivity index (χ0) is 16.1. The van der Waals surface area contributed by atoms with Crippen LogP contribution in [-0.2, 0) is 20.9 Å². The van der Waals surface area contributed by atoms with Gasteiger partial charge in [-0.05, 0) is 12.0 Å². The summed E-state index contributed by atoms with van der Waals surface area (Å²) in [5.74, 6) is 0.0899. The summed E-state index contributed by atoms with van der Waals surface area (Å²) in [5, 5.41) is 2.90. The molecule has 2 saturated heterocycles. The van der Waals surface area contributed by atoms with Crippen LogP contribution >= 0.6 is 0 Å². The smallest absolute Gasteiger partial charge is 0.248 e. The molecule has 1 atom stereocenters. The van der Waals surface area contributed by atoms with Gasteiger partial charge in [0.25, 0.3) is 0 Å². The molecule has 0 bridgehead atoms. The van der Waals surface area contributed by atoms with E-state index in [2.05, 4.69) is 10.2 Å². The third-order valence-electron chi connectivity index (χ3n) is 4.46. The molecule has 1 aromatic carbocycles. The van der Waals surface area contributed by atoms with Gasteiger partial charge in [0.2, 0.25) is 11.8 Å². The molecule has 0 saturated carbocycles. The quantitative estimate of drug-likeness (QED) is 0.864. The van der Waals surface area contributed by atoms with Gasteiger partial charge in [-0.1, -0.05) is 30.3 Å². The van der Waals surface area contributed by atoms with Gasteiger partial charge in [-0.15, -0.1) is 0 Å². The number of nitrogens with one attached hydrogen (secondary N) is 1. The van der Waals surface area contributed by atoms with Crippen LogP contribution in [0.25, 0.3) is 0 Å². The van der Waals surface area contributed by atoms with Crippen molar-refractivity contribution in [2.75, 3.05) is 39.3 Å². The molecule has 124 valence electrons. The van der Waals surface area contributed by atoms with Crippen molar-refractivity contribution in [3.8, 4) is 0 Å². The van der Waals surface area contributed by atoms with Crippen LogP contribution in [0.1, 0.15) is 12.0 Å². The maximum absolute atomic E-state index is 12.3. The lowest BCUT2D eigenvalue weighted by atomic mass is 10.1. The predicted octanol–water partition coefficient (Wildman–Crippen LogP) is 0.236. The number of carbonyl (C=O) groups excluding carboxylic acids is 2. The number of hydrogen-bond donors (Lipinski definition) is 1. The summed E-state index contributed by atoms with van der Waals surface area (Å²) in [6, 6.07) is 9.73. The highest BCUT2D eigenvalue weighted by molar-refractivity contribution is 5.83. The first-order chi connectivity index (χ1) is 11.2. The molecule has 3 rings (SSSR count). The highest BCUT2D eigenvalue weighted by Crippen LogP contribution is 2.14. The lowest BCUT2D eigenvalue weighted by Gasteiger charge is -2.32. The molecule has 2 aliphatic rings. The second-order valence-corrected chi connectivity index (χ2v) is 5.99. The number of ether oxygens (including phenoxy) is 1. The molecule has 0 unspecified atom stereocenters. The molecule has 23 heavy (non-hydrogen) atoms. The first-order valence-corrected chi connectivity index (χ1v) is 8.15. The highest BCUT2D eigenvalue weighted by Gasteiger charge is 2.33. The normalized spacial score (nSPS) is 22.2. The van der Waals surface area contributed by atoms with Crippen molar-refractivity contribution < 1.29 is 14.3 Å². The molecule has 0 radical (unpaired) electrons. The van der Waals surface area contributed by atoms with Gasteiger partial charge < -0.3 is 15.0 Å². The zero-order valence-corrected chi connectivity index (χ0v) is 13.2. The molecule has 2 amide bonds. The first-order valence-electron chi connectivity index (χ1n) is 8.15. The molecule has 2 aliphatic heterocycles. The molecule has 6 heteroatoms. The number of carbonyl (C=O) groups is 2. The first kappa shape index (κ1) is 16.0. The Balaban J connectivity index is 1.47. The van der Waals surface area contributed by atoms with Crippen molar-refractivity contribution in [1.82, 2.24) is 15.1 Å². The van der Waals surface area contributed by atoms with Crippen LogP contribution in [-0.4, -0.2) is 67.0 Å². The van der Waals surface area contributed by atoms with E-state index in [1.807, 2.05) is 35.2 Å². The van der Waals surface area contributed by atoms with Crippen molar-refractivity contribution >= 4 is 11.8 Å². The Bertz CT molecular complexity index is 549. The molecular weight excluding hydrogens is 294 g/mol. The molecule has 6 nitrogen and oxygen atoms in total. The maximum atomic E-state index is 12.3. The van der Waals surface area contributed by atoms with Gasteiger partial charge in [-0.3, -0.25) is 14.5 Å². The van der Waals surface area contributed by atoms with E-state index in [9.17, 15) is 9.59 Å². The molecule has 1 aromatic rings. The standard InChI is InChI=1S/C17H23N3O3/c21-16(13-23-12-14-4-2-1-3-5-14)20-8-6-15-17(22)18-7-9-19(15)10-11-20/h1-5,15H,6-13H2,(H,18,22)/t15-/m0/s1. The molecule has 0 aromatic heterocycles. The topological polar surface area (TPSA) is 61.9 Å². The van der Waals surface area contributed by atoms with Crippen molar-refractivity contribution in [2.24, 2.45) is 0 Å². The maximum Gasteiger partial charge on any atom is 0.248 e. The summed E-state index contributed by atoms with van der Waals surface area (Å²) in [7, 11) is 0. The molecule has 1 N–H and O–H groups in total. The van der Waals surface area contributed by atoms with Crippen molar-refractivity contribution in [3.63, 3.8) is 0 Å². The Hall–Kier alpha value is -1.92. The number of nitrogens with zero attached hydrogens (tertiary/aromatic N) is 2. The van der Waals surface area contributed by atoms with Crippen LogP contribution in [0.15, 0.2) is 30.3 Å². The molecule has 2 fully saturated rings. The number of fused-ring (bicyclic) bond motifs is 1. The van der Waals surface area contributed by atoms with Crippen LogP contribution < -0.4 is 5.32 Å². The van der Waals surface area contributed by atoms with Crippen molar-refractivity contribution in [1.29, 1.82) is 0 Å². The summed E-state index contributed by atoms with van der Waals surface area (Å²) in [5.41, 5.74) is 1.06. The Morgan fingerprint density at radius 3 is 2.83 bits per heavy atom. The van der Waals surface area contributed by atoms with E-state index in [1.54, 1.807) is 0 Å². The largest absolute Gasteiger partial charge is 0.367 e. The average Bonchev–Trinajstić information content (AvgIpc) is 2.79. The zero-order valence-electron chi connectivity index (χ0n) is 13.2. The van der Waals surface area contributed by atoms with Crippen LogP contribution in [0.3, 0.4) is 0 Å². The predicted molar refractivity (Wildman–Crippen MR) is 85.7 cm³/mol. The summed E-state index contributed by atoms with van der Waals surface area (Å²) in [4.78, 5) is 28.2. The van der Waals surface area contributed by atoms with Gasteiger partial charge in [0.15, 0.2) is 0 Å². The number of amides is 2.